The van der Waals surface area contributed by atoms with Gasteiger partial charge >= 0.3 is 0 Å². The molecule has 2 nitrogen and oxygen atoms in total. The summed E-state index contributed by atoms with van der Waals surface area (Å²) in [4.78, 5) is 2.72. The van der Waals surface area contributed by atoms with Gasteiger partial charge in [0.1, 0.15) is 0 Å². The summed E-state index contributed by atoms with van der Waals surface area (Å²) in [5.74, 6) is 0.953. The normalized spacial score (nSPS) is 32.8. The highest BCUT2D eigenvalue weighted by atomic mass is 15.2. The summed E-state index contributed by atoms with van der Waals surface area (Å²) in [6.45, 7) is 10.5. The van der Waals surface area contributed by atoms with E-state index < -0.39 is 0 Å². The molecular weight excluding hydrogens is 208 g/mol. The van der Waals surface area contributed by atoms with Gasteiger partial charge in [0.25, 0.3) is 0 Å². The summed E-state index contributed by atoms with van der Waals surface area (Å²) in [6.07, 6.45) is 8.25. The predicted octanol–water partition coefficient (Wildman–Crippen LogP) is 3.02. The van der Waals surface area contributed by atoms with Gasteiger partial charge in [0.05, 0.1) is 0 Å². The topological polar surface area (TPSA) is 29.3 Å². The third-order valence-corrected chi connectivity index (χ3v) is 5.82. The number of rotatable bonds is 4. The van der Waals surface area contributed by atoms with Crippen molar-refractivity contribution in [3.05, 3.63) is 0 Å². The second kappa shape index (κ2) is 4.89. The van der Waals surface area contributed by atoms with Crippen LogP contribution in [0, 0.1) is 11.3 Å². The summed E-state index contributed by atoms with van der Waals surface area (Å²) < 4.78 is 0. The molecule has 2 atom stereocenters. The first kappa shape index (κ1) is 13.4. The second-order valence-corrected chi connectivity index (χ2v) is 6.73. The molecule has 1 heterocycles. The minimum absolute atomic E-state index is 0.246. The van der Waals surface area contributed by atoms with E-state index in [1.54, 1.807) is 0 Å². The fourth-order valence-corrected chi connectivity index (χ4v) is 3.55. The van der Waals surface area contributed by atoms with Crippen LogP contribution < -0.4 is 5.73 Å². The lowest BCUT2D eigenvalue weighted by Crippen LogP contribution is -2.57. The molecule has 2 aliphatic rings. The zero-order valence-electron chi connectivity index (χ0n) is 12.0. The fourth-order valence-electron chi connectivity index (χ4n) is 3.55. The quantitative estimate of drug-likeness (QED) is 0.816. The smallest absolute Gasteiger partial charge is 0.0357 e. The van der Waals surface area contributed by atoms with E-state index in [0.29, 0.717) is 5.41 Å². The van der Waals surface area contributed by atoms with Gasteiger partial charge in [0, 0.05) is 12.1 Å². The van der Waals surface area contributed by atoms with E-state index in [2.05, 4.69) is 25.7 Å². The van der Waals surface area contributed by atoms with Crippen LogP contribution in [0.4, 0.5) is 0 Å². The number of likely N-dealkylation sites (tertiary alicyclic amines) is 1. The molecular formula is C15H30N2. The van der Waals surface area contributed by atoms with Gasteiger partial charge in [0.2, 0.25) is 0 Å². The van der Waals surface area contributed by atoms with Crippen molar-refractivity contribution in [3.63, 3.8) is 0 Å². The molecule has 0 aromatic carbocycles. The molecule has 2 unspecified atom stereocenters. The van der Waals surface area contributed by atoms with E-state index in [1.807, 2.05) is 0 Å². The molecule has 1 saturated carbocycles. The lowest BCUT2D eigenvalue weighted by Gasteiger charge is -2.45. The van der Waals surface area contributed by atoms with Crippen LogP contribution in [0.25, 0.3) is 0 Å². The molecule has 1 aliphatic carbocycles. The van der Waals surface area contributed by atoms with Gasteiger partial charge in [-0.3, -0.25) is 4.90 Å². The molecule has 100 valence electrons. The number of nitrogens with two attached hydrogens (primary N) is 1. The highest BCUT2D eigenvalue weighted by Gasteiger charge is 2.54. The molecule has 2 heteroatoms. The molecule has 2 fully saturated rings. The van der Waals surface area contributed by atoms with Crippen molar-refractivity contribution in [2.75, 3.05) is 19.6 Å². The molecule has 0 spiro atoms. The monoisotopic (exact) mass is 238 g/mol. The maximum absolute atomic E-state index is 6.14. The van der Waals surface area contributed by atoms with Crippen LogP contribution in [0.1, 0.15) is 59.3 Å². The predicted molar refractivity (Wildman–Crippen MR) is 74.0 cm³/mol. The molecule has 0 radical (unpaired) electrons. The van der Waals surface area contributed by atoms with Crippen molar-refractivity contribution < 1.29 is 0 Å². The lowest BCUT2D eigenvalue weighted by atomic mass is 9.82. The minimum Gasteiger partial charge on any atom is -0.329 e. The van der Waals surface area contributed by atoms with Crippen molar-refractivity contribution in [2.24, 2.45) is 17.1 Å². The third kappa shape index (κ3) is 2.39. The van der Waals surface area contributed by atoms with E-state index in [-0.39, 0.29) is 5.54 Å². The summed E-state index contributed by atoms with van der Waals surface area (Å²) >= 11 is 0. The zero-order chi connectivity index (χ0) is 12.5. The molecule has 0 aromatic heterocycles. The number of hydrogen-bond acceptors (Lipinski definition) is 2. The van der Waals surface area contributed by atoms with Crippen LogP contribution in [0.5, 0.6) is 0 Å². The Balaban J connectivity index is 2.05. The van der Waals surface area contributed by atoms with Crippen molar-refractivity contribution in [1.29, 1.82) is 0 Å². The van der Waals surface area contributed by atoms with Crippen LogP contribution in [0.15, 0.2) is 0 Å². The molecule has 1 aliphatic heterocycles. The first-order chi connectivity index (χ1) is 8.05. The first-order valence-corrected chi connectivity index (χ1v) is 7.51. The van der Waals surface area contributed by atoms with Gasteiger partial charge in [-0.25, -0.2) is 0 Å². The average Bonchev–Trinajstić information content (AvgIpc) is 3.11. The maximum Gasteiger partial charge on any atom is 0.0357 e. The van der Waals surface area contributed by atoms with E-state index in [4.69, 9.17) is 5.73 Å². The van der Waals surface area contributed by atoms with Crippen molar-refractivity contribution >= 4 is 0 Å². The summed E-state index contributed by atoms with van der Waals surface area (Å²) in [5, 5.41) is 0. The summed E-state index contributed by atoms with van der Waals surface area (Å²) in [6, 6.07) is 0. The molecule has 2 N–H and O–H groups in total. The Morgan fingerprint density at radius 1 is 1.29 bits per heavy atom. The van der Waals surface area contributed by atoms with E-state index in [0.717, 1.165) is 12.5 Å². The fraction of sp³-hybridized carbons (Fsp3) is 1.00. The number of hydrogen-bond donors (Lipinski definition) is 1. The Morgan fingerprint density at radius 3 is 2.53 bits per heavy atom. The minimum atomic E-state index is 0.246. The van der Waals surface area contributed by atoms with Gasteiger partial charge < -0.3 is 5.73 Å². The Kier molecular flexibility index (Phi) is 3.84. The van der Waals surface area contributed by atoms with Gasteiger partial charge in [-0.15, -0.1) is 0 Å². The molecule has 0 amide bonds. The van der Waals surface area contributed by atoms with Gasteiger partial charge in [-0.1, -0.05) is 20.3 Å². The SMILES string of the molecule is CCC1CCCN(C(C)(CN)C2(C)CC2)CC1. The van der Waals surface area contributed by atoms with Crippen LogP contribution in [0.3, 0.4) is 0 Å². The molecule has 2 rings (SSSR count). The first-order valence-electron chi connectivity index (χ1n) is 7.51. The van der Waals surface area contributed by atoms with E-state index in [9.17, 15) is 0 Å². The largest absolute Gasteiger partial charge is 0.329 e. The van der Waals surface area contributed by atoms with Crippen LogP contribution in [0.2, 0.25) is 0 Å². The molecule has 0 aromatic rings. The number of nitrogens with zero attached hydrogens (tertiary/aromatic N) is 1. The maximum atomic E-state index is 6.14. The molecule has 1 saturated heterocycles. The van der Waals surface area contributed by atoms with E-state index in [1.165, 1.54) is 51.6 Å². The van der Waals surface area contributed by atoms with Crippen LogP contribution >= 0.6 is 0 Å². The zero-order valence-corrected chi connectivity index (χ0v) is 12.0. The highest BCUT2D eigenvalue weighted by molar-refractivity contribution is 5.09. The standard InChI is InChI=1S/C15H30N2/c1-4-13-6-5-10-17(11-7-13)15(3,12-16)14(2)8-9-14/h13H,4-12,16H2,1-3H3. The summed E-state index contributed by atoms with van der Waals surface area (Å²) in [5.41, 5.74) is 6.88. The third-order valence-electron chi connectivity index (χ3n) is 5.82. The summed E-state index contributed by atoms with van der Waals surface area (Å²) in [7, 11) is 0. The van der Waals surface area contributed by atoms with Crippen molar-refractivity contribution in [3.8, 4) is 0 Å². The van der Waals surface area contributed by atoms with Crippen molar-refractivity contribution in [1.82, 2.24) is 4.90 Å². The van der Waals surface area contributed by atoms with Gasteiger partial charge in [0.15, 0.2) is 0 Å². The average molecular weight is 238 g/mol. The molecule has 0 bridgehead atoms. The van der Waals surface area contributed by atoms with E-state index >= 15 is 0 Å². The Bertz CT molecular complexity index is 260. The van der Waals surface area contributed by atoms with Crippen molar-refractivity contribution in [2.45, 2.75) is 64.8 Å². The van der Waals surface area contributed by atoms with Crippen LogP contribution in [-0.4, -0.2) is 30.1 Å². The van der Waals surface area contributed by atoms with Gasteiger partial charge in [-0.2, -0.15) is 0 Å². The second-order valence-electron chi connectivity index (χ2n) is 6.73. The Hall–Kier alpha value is -0.0800. The Morgan fingerprint density at radius 2 is 2.00 bits per heavy atom. The molecule has 17 heavy (non-hydrogen) atoms. The lowest BCUT2D eigenvalue weighted by molar-refractivity contribution is 0.0496. The van der Waals surface area contributed by atoms with Crippen LogP contribution in [-0.2, 0) is 0 Å². The van der Waals surface area contributed by atoms with Gasteiger partial charge in [-0.05, 0) is 63.5 Å². The highest BCUT2D eigenvalue weighted by Crippen LogP contribution is 2.55. The Labute approximate surface area is 107 Å².